The first-order chi connectivity index (χ1) is 14.6. The Morgan fingerprint density at radius 2 is 1.97 bits per heavy atom. The van der Waals surface area contributed by atoms with Gasteiger partial charge in [-0.1, -0.05) is 19.1 Å². The van der Waals surface area contributed by atoms with Gasteiger partial charge in [-0.3, -0.25) is 4.79 Å². The number of carbonyl (C=O) groups excluding carboxylic acids is 1. The zero-order valence-corrected chi connectivity index (χ0v) is 17.3. The lowest BCUT2D eigenvalue weighted by molar-refractivity contribution is -0.115. The van der Waals surface area contributed by atoms with Gasteiger partial charge in [0.25, 0.3) is 0 Å². The normalized spacial score (nSPS) is 11.4. The fourth-order valence-electron chi connectivity index (χ4n) is 3.14. The highest BCUT2D eigenvalue weighted by molar-refractivity contribution is 7.11. The Kier molecular flexibility index (Phi) is 5.53. The lowest BCUT2D eigenvalue weighted by Gasteiger charge is -2.14. The first-order valence-electron chi connectivity index (χ1n) is 9.57. The van der Waals surface area contributed by atoms with Crippen LogP contribution in [-0.2, 0) is 4.79 Å². The van der Waals surface area contributed by atoms with Crippen LogP contribution in [0.3, 0.4) is 0 Å². The highest BCUT2D eigenvalue weighted by Gasteiger charge is 2.16. The standard InChI is InChI=1S/C21H20N6O2S/c1-3-17(28)24-16-11-15(18-12(19(16)29)7-5-9-14(18)22-4-2)25-26-21-13-8-6-10-23-20(13)27-30-21/h5-11,22,29H,3-4H2,1-2H3,(H,24,28). The monoisotopic (exact) mass is 420 g/mol. The van der Waals surface area contributed by atoms with Gasteiger partial charge < -0.3 is 15.7 Å². The molecule has 1 amide bonds. The summed E-state index contributed by atoms with van der Waals surface area (Å²) in [6, 6.07) is 10.9. The second-order valence-corrected chi connectivity index (χ2v) is 7.27. The van der Waals surface area contributed by atoms with Crippen molar-refractivity contribution < 1.29 is 9.90 Å². The molecule has 8 nitrogen and oxygen atoms in total. The Morgan fingerprint density at radius 3 is 2.77 bits per heavy atom. The number of phenolic OH excluding ortho intramolecular Hbond substituents is 1. The molecule has 0 spiro atoms. The maximum atomic E-state index is 11.9. The smallest absolute Gasteiger partial charge is 0.224 e. The third kappa shape index (κ3) is 3.67. The SMILES string of the molecule is CCNc1cccc2c(O)c(NC(=O)CC)cc(N=Nc3snc4ncccc34)c12. The molecule has 0 aliphatic rings. The maximum Gasteiger partial charge on any atom is 0.224 e. The number of pyridine rings is 1. The van der Waals surface area contributed by atoms with Crippen LogP contribution in [0.4, 0.5) is 22.1 Å². The fraction of sp³-hybridized carbons (Fsp3) is 0.190. The number of rotatable bonds is 6. The summed E-state index contributed by atoms with van der Waals surface area (Å²) >= 11 is 1.22. The number of aromatic nitrogens is 2. The minimum Gasteiger partial charge on any atom is -0.505 e. The van der Waals surface area contributed by atoms with E-state index in [-0.39, 0.29) is 11.7 Å². The number of anilines is 2. The van der Waals surface area contributed by atoms with Crippen LogP contribution in [0.15, 0.2) is 52.8 Å². The number of nitrogens with zero attached hydrogens (tertiary/aromatic N) is 4. The molecule has 0 saturated carbocycles. The largest absolute Gasteiger partial charge is 0.505 e. The van der Waals surface area contributed by atoms with Gasteiger partial charge in [-0.15, -0.1) is 10.2 Å². The van der Waals surface area contributed by atoms with Crippen molar-refractivity contribution in [1.82, 2.24) is 9.36 Å². The predicted octanol–water partition coefficient (Wildman–Crippen LogP) is 5.75. The molecule has 0 fully saturated rings. The van der Waals surface area contributed by atoms with Crippen molar-refractivity contribution in [2.24, 2.45) is 10.2 Å². The molecule has 4 rings (SSSR count). The lowest BCUT2D eigenvalue weighted by atomic mass is 10.0. The van der Waals surface area contributed by atoms with Crippen molar-refractivity contribution >= 4 is 61.3 Å². The molecule has 0 bridgehead atoms. The van der Waals surface area contributed by atoms with E-state index in [4.69, 9.17) is 0 Å². The van der Waals surface area contributed by atoms with Crippen molar-refractivity contribution in [3.8, 4) is 5.75 Å². The molecule has 0 atom stereocenters. The van der Waals surface area contributed by atoms with Gasteiger partial charge in [0.05, 0.1) is 16.8 Å². The number of hydrogen-bond donors (Lipinski definition) is 3. The number of amides is 1. The van der Waals surface area contributed by atoms with Crippen molar-refractivity contribution in [3.05, 3.63) is 42.6 Å². The van der Waals surface area contributed by atoms with Gasteiger partial charge in [0.1, 0.15) is 5.75 Å². The summed E-state index contributed by atoms with van der Waals surface area (Å²) in [5.41, 5.74) is 2.27. The molecular weight excluding hydrogens is 400 g/mol. The fourth-order valence-corrected chi connectivity index (χ4v) is 3.80. The van der Waals surface area contributed by atoms with E-state index in [1.165, 1.54) is 11.5 Å². The molecule has 9 heteroatoms. The summed E-state index contributed by atoms with van der Waals surface area (Å²) in [6.45, 7) is 4.45. The van der Waals surface area contributed by atoms with Crippen LogP contribution in [0.1, 0.15) is 20.3 Å². The number of benzene rings is 2. The Bertz CT molecular complexity index is 1270. The minimum absolute atomic E-state index is 0.00190. The Labute approximate surface area is 176 Å². The van der Waals surface area contributed by atoms with E-state index in [0.29, 0.717) is 40.4 Å². The molecule has 152 valence electrons. The number of phenols is 1. The van der Waals surface area contributed by atoms with E-state index in [1.807, 2.05) is 31.2 Å². The van der Waals surface area contributed by atoms with Gasteiger partial charge in [-0.2, -0.15) is 4.37 Å². The highest BCUT2D eigenvalue weighted by atomic mass is 32.1. The minimum atomic E-state index is -0.199. The van der Waals surface area contributed by atoms with Crippen molar-refractivity contribution in [2.45, 2.75) is 20.3 Å². The molecule has 0 saturated heterocycles. The molecule has 2 heterocycles. The number of fused-ring (bicyclic) bond motifs is 2. The summed E-state index contributed by atoms with van der Waals surface area (Å²) in [7, 11) is 0. The summed E-state index contributed by atoms with van der Waals surface area (Å²) in [5, 5.41) is 28.4. The van der Waals surface area contributed by atoms with E-state index >= 15 is 0 Å². The van der Waals surface area contributed by atoms with Crippen LogP contribution in [-0.4, -0.2) is 26.9 Å². The zero-order chi connectivity index (χ0) is 21.1. The third-order valence-electron chi connectivity index (χ3n) is 4.56. The quantitative estimate of drug-likeness (QED) is 0.272. The van der Waals surface area contributed by atoms with E-state index in [1.54, 1.807) is 25.3 Å². The van der Waals surface area contributed by atoms with E-state index in [0.717, 1.165) is 16.5 Å². The Balaban J connectivity index is 1.89. The number of nitrogens with one attached hydrogen (secondary N) is 2. The van der Waals surface area contributed by atoms with E-state index in [2.05, 4.69) is 30.2 Å². The van der Waals surface area contributed by atoms with Gasteiger partial charge in [-0.05, 0) is 42.7 Å². The van der Waals surface area contributed by atoms with Gasteiger partial charge in [-0.25, -0.2) is 4.98 Å². The topological polar surface area (TPSA) is 112 Å². The van der Waals surface area contributed by atoms with Crippen LogP contribution >= 0.6 is 11.5 Å². The van der Waals surface area contributed by atoms with Crippen molar-refractivity contribution in [3.63, 3.8) is 0 Å². The lowest BCUT2D eigenvalue weighted by Crippen LogP contribution is -2.09. The van der Waals surface area contributed by atoms with Crippen LogP contribution in [0.5, 0.6) is 5.75 Å². The second kappa shape index (κ2) is 8.42. The molecule has 0 radical (unpaired) electrons. The zero-order valence-electron chi connectivity index (χ0n) is 16.5. The number of azo groups is 1. The Morgan fingerprint density at radius 1 is 1.13 bits per heavy atom. The molecule has 4 aromatic rings. The first kappa shape index (κ1) is 19.7. The van der Waals surface area contributed by atoms with E-state index < -0.39 is 0 Å². The van der Waals surface area contributed by atoms with E-state index in [9.17, 15) is 9.90 Å². The highest BCUT2D eigenvalue weighted by Crippen LogP contribution is 2.43. The summed E-state index contributed by atoms with van der Waals surface area (Å²) in [4.78, 5) is 16.2. The molecule has 3 N–H and O–H groups in total. The first-order valence-corrected chi connectivity index (χ1v) is 10.3. The Hall–Kier alpha value is -3.59. The van der Waals surface area contributed by atoms with Gasteiger partial charge in [0.2, 0.25) is 5.91 Å². The molecule has 2 aromatic carbocycles. The maximum absolute atomic E-state index is 11.9. The summed E-state index contributed by atoms with van der Waals surface area (Å²) < 4.78 is 4.29. The molecule has 30 heavy (non-hydrogen) atoms. The van der Waals surface area contributed by atoms with Gasteiger partial charge in [0, 0.05) is 35.6 Å². The molecular formula is C21H20N6O2S. The molecule has 0 unspecified atom stereocenters. The van der Waals surface area contributed by atoms with Gasteiger partial charge >= 0.3 is 0 Å². The second-order valence-electron chi connectivity index (χ2n) is 6.51. The summed E-state index contributed by atoms with van der Waals surface area (Å²) in [5.74, 6) is -0.201. The van der Waals surface area contributed by atoms with Crippen LogP contribution in [0.2, 0.25) is 0 Å². The number of aromatic hydroxyl groups is 1. The average molecular weight is 420 g/mol. The van der Waals surface area contributed by atoms with Crippen LogP contribution in [0.25, 0.3) is 21.8 Å². The predicted molar refractivity (Wildman–Crippen MR) is 120 cm³/mol. The molecule has 0 aliphatic carbocycles. The van der Waals surface area contributed by atoms with Crippen molar-refractivity contribution in [2.75, 3.05) is 17.2 Å². The van der Waals surface area contributed by atoms with Crippen molar-refractivity contribution in [1.29, 1.82) is 0 Å². The van der Waals surface area contributed by atoms with Crippen LogP contribution in [0, 0.1) is 0 Å². The van der Waals surface area contributed by atoms with Gasteiger partial charge in [0.15, 0.2) is 10.6 Å². The molecule has 0 aliphatic heterocycles. The summed E-state index contributed by atoms with van der Waals surface area (Å²) in [6.07, 6.45) is 1.98. The third-order valence-corrected chi connectivity index (χ3v) is 5.30. The number of carbonyl (C=O) groups is 1. The average Bonchev–Trinajstić information content (AvgIpc) is 3.18. The number of hydrogen-bond acceptors (Lipinski definition) is 8. The van der Waals surface area contributed by atoms with Crippen LogP contribution < -0.4 is 10.6 Å². The molecule has 2 aromatic heterocycles.